The van der Waals surface area contributed by atoms with Gasteiger partial charge in [0.25, 0.3) is 5.89 Å². The van der Waals surface area contributed by atoms with Crippen molar-refractivity contribution in [3.63, 3.8) is 0 Å². The van der Waals surface area contributed by atoms with Crippen LogP contribution < -0.4 is 14.2 Å². The average Bonchev–Trinajstić information content (AvgIpc) is 3.20. The highest BCUT2D eigenvalue weighted by Crippen LogP contribution is 2.31. The standard InChI is InChI=1S/C20H19ClN2O6/c1-12-8-13(21)4-7-16(12)27-11-19(24)28-10-18-22-20(23-29-18)15-6-5-14(25-2)9-17(15)26-3/h4-9H,10-11H2,1-3H3. The maximum atomic E-state index is 11.9. The Morgan fingerprint density at radius 3 is 2.66 bits per heavy atom. The molecule has 0 saturated heterocycles. The van der Waals surface area contributed by atoms with E-state index in [9.17, 15) is 4.79 Å². The first kappa shape index (κ1) is 20.5. The second-order valence-electron chi connectivity index (χ2n) is 5.94. The average molecular weight is 419 g/mol. The fourth-order valence-corrected chi connectivity index (χ4v) is 2.73. The summed E-state index contributed by atoms with van der Waals surface area (Å²) in [5.74, 6) is 1.61. The second-order valence-corrected chi connectivity index (χ2v) is 6.37. The highest BCUT2D eigenvalue weighted by atomic mass is 35.5. The van der Waals surface area contributed by atoms with E-state index in [1.54, 1.807) is 43.5 Å². The number of ether oxygens (including phenoxy) is 4. The van der Waals surface area contributed by atoms with Gasteiger partial charge < -0.3 is 23.5 Å². The van der Waals surface area contributed by atoms with Gasteiger partial charge in [0.15, 0.2) is 13.2 Å². The van der Waals surface area contributed by atoms with E-state index in [4.69, 9.17) is 35.1 Å². The fourth-order valence-electron chi connectivity index (χ4n) is 2.50. The number of rotatable bonds is 8. The molecule has 0 fully saturated rings. The summed E-state index contributed by atoms with van der Waals surface area (Å²) in [5.41, 5.74) is 1.44. The molecule has 3 aromatic rings. The van der Waals surface area contributed by atoms with Gasteiger partial charge in [-0.25, -0.2) is 4.79 Å². The number of hydrogen-bond acceptors (Lipinski definition) is 8. The molecule has 0 aliphatic carbocycles. The van der Waals surface area contributed by atoms with Crippen molar-refractivity contribution >= 4 is 17.6 Å². The normalized spacial score (nSPS) is 10.5. The number of aromatic nitrogens is 2. The molecule has 1 heterocycles. The van der Waals surface area contributed by atoms with Crippen LogP contribution in [0.2, 0.25) is 5.02 Å². The molecule has 3 rings (SSSR count). The molecule has 0 aliphatic heterocycles. The van der Waals surface area contributed by atoms with Crippen LogP contribution in [0.25, 0.3) is 11.4 Å². The highest BCUT2D eigenvalue weighted by Gasteiger charge is 2.16. The number of halogens is 1. The Morgan fingerprint density at radius 2 is 1.93 bits per heavy atom. The minimum absolute atomic E-state index is 0.147. The van der Waals surface area contributed by atoms with E-state index in [2.05, 4.69) is 10.1 Å². The molecule has 0 atom stereocenters. The largest absolute Gasteiger partial charge is 0.497 e. The van der Waals surface area contributed by atoms with Crippen molar-refractivity contribution in [2.45, 2.75) is 13.5 Å². The van der Waals surface area contributed by atoms with Crippen LogP contribution in [0.3, 0.4) is 0 Å². The molecule has 0 N–H and O–H groups in total. The van der Waals surface area contributed by atoms with Crippen LogP contribution in [0.4, 0.5) is 0 Å². The van der Waals surface area contributed by atoms with Gasteiger partial charge in [-0.15, -0.1) is 0 Å². The molecule has 0 aliphatic rings. The topological polar surface area (TPSA) is 92.9 Å². The molecule has 29 heavy (non-hydrogen) atoms. The van der Waals surface area contributed by atoms with Crippen molar-refractivity contribution < 1.29 is 28.3 Å². The van der Waals surface area contributed by atoms with Gasteiger partial charge in [0.05, 0.1) is 19.8 Å². The molecule has 8 nitrogen and oxygen atoms in total. The Labute approximate surface area is 172 Å². The zero-order chi connectivity index (χ0) is 20.8. The SMILES string of the molecule is COc1ccc(-c2noc(COC(=O)COc3ccc(Cl)cc3C)n2)c(OC)c1. The van der Waals surface area contributed by atoms with Gasteiger partial charge in [-0.1, -0.05) is 16.8 Å². The van der Waals surface area contributed by atoms with E-state index in [0.29, 0.717) is 33.7 Å². The Morgan fingerprint density at radius 1 is 1.10 bits per heavy atom. The lowest BCUT2D eigenvalue weighted by Crippen LogP contribution is -2.15. The molecular weight excluding hydrogens is 400 g/mol. The van der Waals surface area contributed by atoms with E-state index < -0.39 is 5.97 Å². The van der Waals surface area contributed by atoms with E-state index in [-0.39, 0.29) is 19.1 Å². The third-order valence-corrected chi connectivity index (χ3v) is 4.19. The molecule has 0 radical (unpaired) electrons. The number of nitrogens with zero attached hydrogens (tertiary/aromatic N) is 2. The van der Waals surface area contributed by atoms with Gasteiger partial charge >= 0.3 is 5.97 Å². The summed E-state index contributed by atoms with van der Waals surface area (Å²) in [5, 5.41) is 4.50. The quantitative estimate of drug-likeness (QED) is 0.509. The Bertz CT molecular complexity index is 1000. The van der Waals surface area contributed by atoms with Crippen molar-refractivity contribution in [2.24, 2.45) is 0 Å². The van der Waals surface area contributed by atoms with Crippen molar-refractivity contribution in [3.8, 4) is 28.6 Å². The lowest BCUT2D eigenvalue weighted by Gasteiger charge is -2.08. The van der Waals surface area contributed by atoms with E-state index >= 15 is 0 Å². The predicted molar refractivity (Wildman–Crippen MR) is 104 cm³/mol. The number of esters is 1. The number of methoxy groups -OCH3 is 2. The number of carbonyl (C=O) groups is 1. The fraction of sp³-hybridized carbons (Fsp3) is 0.250. The van der Waals surface area contributed by atoms with E-state index in [1.807, 2.05) is 6.92 Å². The smallest absolute Gasteiger partial charge is 0.344 e. The summed E-state index contributed by atoms with van der Waals surface area (Å²) in [7, 11) is 3.09. The van der Waals surface area contributed by atoms with E-state index in [0.717, 1.165) is 5.56 Å². The summed E-state index contributed by atoms with van der Waals surface area (Å²) >= 11 is 5.89. The van der Waals surface area contributed by atoms with Crippen molar-refractivity contribution in [1.82, 2.24) is 10.1 Å². The molecule has 0 unspecified atom stereocenters. The third-order valence-electron chi connectivity index (χ3n) is 3.96. The summed E-state index contributed by atoms with van der Waals surface area (Å²) in [6, 6.07) is 10.3. The molecule has 152 valence electrons. The minimum Gasteiger partial charge on any atom is -0.497 e. The Kier molecular flexibility index (Phi) is 6.56. The lowest BCUT2D eigenvalue weighted by molar-refractivity contribution is -0.148. The maximum absolute atomic E-state index is 11.9. The first-order valence-electron chi connectivity index (χ1n) is 8.59. The van der Waals surface area contributed by atoms with Crippen LogP contribution in [0, 0.1) is 6.92 Å². The number of hydrogen-bond donors (Lipinski definition) is 0. The molecule has 1 aromatic heterocycles. The molecule has 0 saturated carbocycles. The van der Waals surface area contributed by atoms with Gasteiger partial charge in [-0.3, -0.25) is 0 Å². The van der Waals surface area contributed by atoms with Crippen molar-refractivity contribution in [2.75, 3.05) is 20.8 Å². The summed E-state index contributed by atoms with van der Waals surface area (Å²) in [4.78, 5) is 16.1. The Balaban J connectivity index is 1.57. The Hall–Kier alpha value is -3.26. The van der Waals surface area contributed by atoms with Crippen LogP contribution in [-0.2, 0) is 16.1 Å². The molecule has 2 aromatic carbocycles. The summed E-state index contributed by atoms with van der Waals surface area (Å²) < 4.78 is 26.2. The van der Waals surface area contributed by atoms with Crippen LogP contribution in [-0.4, -0.2) is 36.9 Å². The van der Waals surface area contributed by atoms with E-state index in [1.165, 1.54) is 7.11 Å². The molecule has 0 amide bonds. The lowest BCUT2D eigenvalue weighted by atomic mass is 10.2. The van der Waals surface area contributed by atoms with Crippen LogP contribution >= 0.6 is 11.6 Å². The van der Waals surface area contributed by atoms with Gasteiger partial charge in [0.2, 0.25) is 5.82 Å². The van der Waals surface area contributed by atoms with Crippen LogP contribution in [0.15, 0.2) is 40.9 Å². The summed E-state index contributed by atoms with van der Waals surface area (Å²) in [6.07, 6.45) is 0. The predicted octanol–water partition coefficient (Wildman–Crippen LogP) is 3.84. The van der Waals surface area contributed by atoms with Gasteiger partial charge in [0.1, 0.15) is 17.2 Å². The zero-order valence-electron chi connectivity index (χ0n) is 16.1. The maximum Gasteiger partial charge on any atom is 0.344 e. The van der Waals surface area contributed by atoms with Gasteiger partial charge in [-0.2, -0.15) is 4.98 Å². The van der Waals surface area contributed by atoms with Gasteiger partial charge in [0, 0.05) is 11.1 Å². The minimum atomic E-state index is -0.568. The third kappa shape index (κ3) is 5.17. The highest BCUT2D eigenvalue weighted by molar-refractivity contribution is 6.30. The number of aryl methyl sites for hydroxylation is 1. The van der Waals surface area contributed by atoms with Gasteiger partial charge in [-0.05, 0) is 42.8 Å². The van der Waals surface area contributed by atoms with Crippen molar-refractivity contribution in [1.29, 1.82) is 0 Å². The number of carbonyl (C=O) groups excluding carboxylic acids is 1. The second kappa shape index (κ2) is 9.29. The van der Waals surface area contributed by atoms with Crippen LogP contribution in [0.1, 0.15) is 11.5 Å². The zero-order valence-corrected chi connectivity index (χ0v) is 16.9. The van der Waals surface area contributed by atoms with Crippen LogP contribution in [0.5, 0.6) is 17.2 Å². The first-order chi connectivity index (χ1) is 14.0. The molecule has 0 spiro atoms. The molecule has 0 bridgehead atoms. The van der Waals surface area contributed by atoms with Crippen molar-refractivity contribution in [3.05, 3.63) is 52.9 Å². The monoisotopic (exact) mass is 418 g/mol. The first-order valence-corrected chi connectivity index (χ1v) is 8.97. The molecule has 9 heteroatoms. The number of benzene rings is 2. The molecular formula is C20H19ClN2O6. The summed E-state index contributed by atoms with van der Waals surface area (Å²) in [6.45, 7) is 1.41.